The van der Waals surface area contributed by atoms with Crippen LogP contribution in [0.15, 0.2) is 23.1 Å². The van der Waals surface area contributed by atoms with Crippen molar-refractivity contribution in [2.75, 3.05) is 34.2 Å². The van der Waals surface area contributed by atoms with E-state index < -0.39 is 10.0 Å². The fourth-order valence-electron chi connectivity index (χ4n) is 1.71. The van der Waals surface area contributed by atoms with Gasteiger partial charge in [-0.3, -0.25) is 0 Å². The number of sulfonamides is 1. The third kappa shape index (κ3) is 4.60. The predicted molar refractivity (Wildman–Crippen MR) is 84.0 cm³/mol. The molecule has 0 aliphatic rings. The minimum atomic E-state index is -3.50. The summed E-state index contributed by atoms with van der Waals surface area (Å²) < 4.78 is 26.1. The number of hydrogen-bond donors (Lipinski definition) is 0. The number of benzene rings is 1. The SMILES string of the molecule is CN(C)CCCN(C)S(=O)(=O)c1ccc(CCl)c(Cl)c1. The van der Waals surface area contributed by atoms with Crippen LogP contribution in [0.4, 0.5) is 0 Å². The maximum Gasteiger partial charge on any atom is 0.242 e. The number of nitrogens with zero attached hydrogens (tertiary/aromatic N) is 2. The molecule has 0 aliphatic heterocycles. The molecule has 20 heavy (non-hydrogen) atoms. The summed E-state index contributed by atoms with van der Waals surface area (Å²) in [6.45, 7) is 1.31. The van der Waals surface area contributed by atoms with Crippen molar-refractivity contribution >= 4 is 33.2 Å². The fourth-order valence-corrected chi connectivity index (χ4v) is 3.56. The standard InChI is InChI=1S/C13H20Cl2N2O2S/c1-16(2)7-4-8-17(3)20(18,19)12-6-5-11(10-14)13(15)9-12/h5-6,9H,4,7-8,10H2,1-3H3. The van der Waals surface area contributed by atoms with Crippen molar-refractivity contribution in [2.24, 2.45) is 0 Å². The van der Waals surface area contributed by atoms with E-state index in [0.717, 1.165) is 18.5 Å². The van der Waals surface area contributed by atoms with E-state index in [-0.39, 0.29) is 10.8 Å². The zero-order chi connectivity index (χ0) is 15.3. The summed E-state index contributed by atoms with van der Waals surface area (Å²) in [4.78, 5) is 2.22. The van der Waals surface area contributed by atoms with E-state index in [2.05, 4.69) is 0 Å². The molecule has 1 aromatic rings. The average Bonchev–Trinajstić information content (AvgIpc) is 2.37. The minimum absolute atomic E-state index is 0.198. The van der Waals surface area contributed by atoms with Crippen LogP contribution in [-0.4, -0.2) is 51.9 Å². The van der Waals surface area contributed by atoms with Crippen LogP contribution in [0.5, 0.6) is 0 Å². The van der Waals surface area contributed by atoms with Gasteiger partial charge in [0.25, 0.3) is 0 Å². The average molecular weight is 339 g/mol. The van der Waals surface area contributed by atoms with E-state index in [9.17, 15) is 8.42 Å². The van der Waals surface area contributed by atoms with Gasteiger partial charge in [0.05, 0.1) is 4.90 Å². The molecule has 7 heteroatoms. The van der Waals surface area contributed by atoms with Crippen molar-refractivity contribution in [1.29, 1.82) is 0 Å². The van der Waals surface area contributed by atoms with Gasteiger partial charge in [-0.25, -0.2) is 12.7 Å². The Hall–Kier alpha value is -0.330. The zero-order valence-electron chi connectivity index (χ0n) is 11.9. The van der Waals surface area contributed by atoms with Crippen LogP contribution < -0.4 is 0 Å². The Morgan fingerprint density at radius 1 is 1.15 bits per heavy atom. The quantitative estimate of drug-likeness (QED) is 0.717. The van der Waals surface area contributed by atoms with Crippen LogP contribution in [0.1, 0.15) is 12.0 Å². The van der Waals surface area contributed by atoms with Crippen LogP contribution in [0, 0.1) is 0 Å². The molecule has 0 saturated heterocycles. The molecule has 0 atom stereocenters. The third-order valence-electron chi connectivity index (χ3n) is 2.96. The highest BCUT2D eigenvalue weighted by atomic mass is 35.5. The first-order valence-electron chi connectivity index (χ1n) is 6.24. The number of alkyl halides is 1. The number of rotatable bonds is 7. The normalized spacial score (nSPS) is 12.3. The van der Waals surface area contributed by atoms with E-state index in [1.807, 2.05) is 19.0 Å². The second-order valence-electron chi connectivity index (χ2n) is 4.87. The molecule has 1 aromatic carbocycles. The van der Waals surface area contributed by atoms with Gasteiger partial charge in [0, 0.05) is 24.5 Å². The molecule has 0 amide bonds. The molecule has 0 N–H and O–H groups in total. The summed E-state index contributed by atoms with van der Waals surface area (Å²) in [6.07, 6.45) is 0.774. The predicted octanol–water partition coefficient (Wildman–Crippen LogP) is 2.65. The molecule has 0 aliphatic carbocycles. The first kappa shape index (κ1) is 17.7. The largest absolute Gasteiger partial charge is 0.309 e. The molecule has 0 heterocycles. The maximum absolute atomic E-state index is 12.4. The van der Waals surface area contributed by atoms with E-state index in [0.29, 0.717) is 11.6 Å². The molecule has 0 aromatic heterocycles. The van der Waals surface area contributed by atoms with Gasteiger partial charge in [-0.2, -0.15) is 0 Å². The van der Waals surface area contributed by atoms with E-state index in [1.165, 1.54) is 10.4 Å². The fraction of sp³-hybridized carbons (Fsp3) is 0.538. The first-order chi connectivity index (χ1) is 9.28. The molecule has 0 radical (unpaired) electrons. The molecule has 114 valence electrons. The van der Waals surface area contributed by atoms with E-state index in [4.69, 9.17) is 23.2 Å². The third-order valence-corrected chi connectivity index (χ3v) is 5.45. The molecule has 0 unspecified atom stereocenters. The first-order valence-corrected chi connectivity index (χ1v) is 8.59. The van der Waals surface area contributed by atoms with Crippen molar-refractivity contribution < 1.29 is 8.42 Å². The smallest absolute Gasteiger partial charge is 0.242 e. The summed E-state index contributed by atoms with van der Waals surface area (Å²) in [5.41, 5.74) is 0.725. The van der Waals surface area contributed by atoms with Gasteiger partial charge < -0.3 is 4.90 Å². The van der Waals surface area contributed by atoms with Crippen LogP contribution >= 0.6 is 23.2 Å². The van der Waals surface area contributed by atoms with Crippen molar-refractivity contribution in [3.63, 3.8) is 0 Å². The molecule has 4 nitrogen and oxygen atoms in total. The van der Waals surface area contributed by atoms with E-state index >= 15 is 0 Å². The maximum atomic E-state index is 12.4. The highest BCUT2D eigenvalue weighted by molar-refractivity contribution is 7.89. The van der Waals surface area contributed by atoms with Crippen molar-refractivity contribution in [2.45, 2.75) is 17.2 Å². The number of halogens is 2. The van der Waals surface area contributed by atoms with Gasteiger partial charge >= 0.3 is 0 Å². The van der Waals surface area contributed by atoms with Crippen molar-refractivity contribution in [3.8, 4) is 0 Å². The summed E-state index contributed by atoms with van der Waals surface area (Å²) in [7, 11) is 2.00. The Morgan fingerprint density at radius 2 is 1.80 bits per heavy atom. The topological polar surface area (TPSA) is 40.6 Å². The molecular formula is C13H20Cl2N2O2S. The lowest BCUT2D eigenvalue weighted by atomic mass is 10.2. The molecule has 0 fully saturated rings. The van der Waals surface area contributed by atoms with Gasteiger partial charge in [-0.05, 0) is 44.8 Å². The van der Waals surface area contributed by atoms with Gasteiger partial charge in [0.1, 0.15) is 0 Å². The summed E-state index contributed by atoms with van der Waals surface area (Å²) >= 11 is 11.7. The Morgan fingerprint density at radius 3 is 2.30 bits per heavy atom. The number of hydrogen-bond acceptors (Lipinski definition) is 3. The molecule has 0 saturated carbocycles. The lowest BCUT2D eigenvalue weighted by molar-refractivity contribution is 0.370. The molecule has 0 bridgehead atoms. The van der Waals surface area contributed by atoms with Crippen LogP contribution in [0.3, 0.4) is 0 Å². The van der Waals surface area contributed by atoms with Gasteiger partial charge in [-0.15, -0.1) is 11.6 Å². The summed E-state index contributed by atoms with van der Waals surface area (Å²) in [5.74, 6) is 0.262. The second-order valence-corrected chi connectivity index (χ2v) is 7.59. The Kier molecular flexibility index (Phi) is 6.75. The Balaban J connectivity index is 2.84. The Bertz CT molecular complexity index is 547. The summed E-state index contributed by atoms with van der Waals surface area (Å²) in [6, 6.07) is 4.65. The van der Waals surface area contributed by atoms with Crippen molar-refractivity contribution in [1.82, 2.24) is 9.21 Å². The zero-order valence-corrected chi connectivity index (χ0v) is 14.3. The van der Waals surface area contributed by atoms with Crippen LogP contribution in [-0.2, 0) is 15.9 Å². The van der Waals surface area contributed by atoms with Crippen LogP contribution in [0.2, 0.25) is 5.02 Å². The molecule has 0 spiro atoms. The van der Waals surface area contributed by atoms with Gasteiger partial charge in [0.2, 0.25) is 10.0 Å². The Labute approximate surface area is 131 Å². The van der Waals surface area contributed by atoms with Crippen LogP contribution in [0.25, 0.3) is 0 Å². The molecule has 1 rings (SSSR count). The molecular weight excluding hydrogens is 319 g/mol. The minimum Gasteiger partial charge on any atom is -0.309 e. The van der Waals surface area contributed by atoms with Crippen molar-refractivity contribution in [3.05, 3.63) is 28.8 Å². The van der Waals surface area contributed by atoms with Gasteiger partial charge in [0.15, 0.2) is 0 Å². The van der Waals surface area contributed by atoms with E-state index in [1.54, 1.807) is 19.2 Å². The monoisotopic (exact) mass is 338 g/mol. The lowest BCUT2D eigenvalue weighted by Gasteiger charge is -2.19. The summed E-state index contributed by atoms with van der Waals surface area (Å²) in [5, 5.41) is 0.378. The second kappa shape index (κ2) is 7.61. The highest BCUT2D eigenvalue weighted by Crippen LogP contribution is 2.24. The lowest BCUT2D eigenvalue weighted by Crippen LogP contribution is -2.29. The van der Waals surface area contributed by atoms with Gasteiger partial charge in [-0.1, -0.05) is 17.7 Å². The highest BCUT2D eigenvalue weighted by Gasteiger charge is 2.21.